The SMILES string of the molecule is CC(=O)O[C@@H]1[C@H](OC(C)=O)[C@H](OC(C)=O)[C@H]2[C@H](Cl)[C@H](Cl)[C@H]2[C@@H]1OC(C)=O. The lowest BCUT2D eigenvalue weighted by Gasteiger charge is -2.58. The predicted molar refractivity (Wildman–Crippen MR) is 88.5 cm³/mol. The van der Waals surface area contributed by atoms with E-state index in [4.69, 9.17) is 42.1 Å². The number of fused-ring (bicyclic) bond motifs is 1. The van der Waals surface area contributed by atoms with Crippen LogP contribution in [0, 0.1) is 11.8 Å². The van der Waals surface area contributed by atoms with Crippen molar-refractivity contribution in [2.24, 2.45) is 11.8 Å². The summed E-state index contributed by atoms with van der Waals surface area (Å²) in [6.45, 7) is 4.70. The molecule has 0 N–H and O–H groups in total. The molecular formula is C16H20Cl2O8. The third kappa shape index (κ3) is 4.06. The molecule has 0 spiro atoms. The van der Waals surface area contributed by atoms with Gasteiger partial charge in [-0.3, -0.25) is 19.2 Å². The first-order valence-corrected chi connectivity index (χ1v) is 8.89. The van der Waals surface area contributed by atoms with Crippen molar-refractivity contribution in [2.75, 3.05) is 0 Å². The minimum absolute atomic E-state index is 0.538. The van der Waals surface area contributed by atoms with Crippen LogP contribution in [0.2, 0.25) is 0 Å². The summed E-state index contributed by atoms with van der Waals surface area (Å²) in [5.74, 6) is -3.69. The maximum atomic E-state index is 11.6. The largest absolute Gasteiger partial charge is 0.458 e. The molecule has 2 fully saturated rings. The Morgan fingerprint density at radius 3 is 1.00 bits per heavy atom. The molecule has 0 amide bonds. The molecule has 2 rings (SSSR count). The number of rotatable bonds is 4. The molecule has 10 heteroatoms. The van der Waals surface area contributed by atoms with Crippen molar-refractivity contribution in [3.8, 4) is 0 Å². The third-order valence-corrected chi connectivity index (χ3v) is 5.68. The van der Waals surface area contributed by atoms with Gasteiger partial charge in [-0.15, -0.1) is 23.2 Å². The molecule has 146 valence electrons. The Hall–Kier alpha value is -1.54. The average molecular weight is 411 g/mol. The lowest BCUT2D eigenvalue weighted by molar-refractivity contribution is -0.242. The van der Waals surface area contributed by atoms with E-state index in [2.05, 4.69) is 0 Å². The number of ether oxygens (including phenoxy) is 4. The van der Waals surface area contributed by atoms with Crippen molar-refractivity contribution in [2.45, 2.75) is 62.9 Å². The predicted octanol–water partition coefficient (Wildman–Crippen LogP) is 1.19. The molecule has 26 heavy (non-hydrogen) atoms. The van der Waals surface area contributed by atoms with Gasteiger partial charge in [-0.25, -0.2) is 0 Å². The average Bonchev–Trinajstić information content (AvgIpc) is 2.49. The second-order valence-electron chi connectivity index (χ2n) is 6.34. The van der Waals surface area contributed by atoms with E-state index in [1.165, 1.54) is 13.8 Å². The molecular weight excluding hydrogens is 391 g/mol. The van der Waals surface area contributed by atoms with Crippen LogP contribution < -0.4 is 0 Å². The number of hydrogen-bond acceptors (Lipinski definition) is 8. The smallest absolute Gasteiger partial charge is 0.303 e. The molecule has 8 atom stereocenters. The summed E-state index contributed by atoms with van der Waals surface area (Å²) in [5.41, 5.74) is 0. The number of alkyl halides is 2. The molecule has 0 aromatic heterocycles. The first-order chi connectivity index (χ1) is 12.0. The van der Waals surface area contributed by atoms with E-state index in [1.54, 1.807) is 0 Å². The Balaban J connectivity index is 2.48. The second kappa shape index (κ2) is 8.00. The van der Waals surface area contributed by atoms with Crippen LogP contribution in [0.4, 0.5) is 0 Å². The number of carbonyl (C=O) groups is 4. The van der Waals surface area contributed by atoms with Gasteiger partial charge in [0.1, 0.15) is 12.2 Å². The standard InChI is InChI=1S/C16H20Cl2O8/c1-5(19)23-13-9-10(12(18)11(9)17)14(24-6(2)20)16(26-8(4)22)15(13)25-7(3)21/h9-16H,1-4H3/t9-,10+,11+,12-,13-,14+,15-,16+. The Morgan fingerprint density at radius 1 is 0.538 bits per heavy atom. The van der Waals surface area contributed by atoms with Crippen LogP contribution in [0.15, 0.2) is 0 Å². The van der Waals surface area contributed by atoms with Crippen LogP contribution in [0.5, 0.6) is 0 Å². The molecule has 2 aliphatic rings. The Bertz CT molecular complexity index is 557. The summed E-state index contributed by atoms with van der Waals surface area (Å²) >= 11 is 12.6. The number of carbonyl (C=O) groups excluding carboxylic acids is 4. The highest BCUT2D eigenvalue weighted by Crippen LogP contribution is 2.54. The summed E-state index contributed by atoms with van der Waals surface area (Å²) in [7, 11) is 0. The zero-order valence-corrected chi connectivity index (χ0v) is 16.2. The number of hydrogen-bond donors (Lipinski definition) is 0. The fourth-order valence-electron chi connectivity index (χ4n) is 3.64. The van der Waals surface area contributed by atoms with Crippen LogP contribution in [0.3, 0.4) is 0 Å². The van der Waals surface area contributed by atoms with Crippen LogP contribution in [0.1, 0.15) is 27.7 Å². The number of halogens is 2. The first kappa shape index (κ1) is 20.8. The van der Waals surface area contributed by atoms with E-state index in [1.807, 2.05) is 0 Å². The summed E-state index contributed by atoms with van der Waals surface area (Å²) in [5, 5.41) is -1.22. The van der Waals surface area contributed by atoms with Crippen molar-refractivity contribution in [3.05, 3.63) is 0 Å². The highest BCUT2D eigenvalue weighted by molar-refractivity contribution is 6.31. The van der Waals surface area contributed by atoms with Gasteiger partial charge in [0, 0.05) is 39.5 Å². The summed E-state index contributed by atoms with van der Waals surface area (Å²) in [4.78, 5) is 46.3. The van der Waals surface area contributed by atoms with E-state index in [-0.39, 0.29) is 0 Å². The normalized spacial score (nSPS) is 38.2. The molecule has 2 aliphatic carbocycles. The van der Waals surface area contributed by atoms with Gasteiger partial charge in [0.05, 0.1) is 10.8 Å². The van der Waals surface area contributed by atoms with Crippen LogP contribution in [-0.4, -0.2) is 59.0 Å². The molecule has 0 heterocycles. The van der Waals surface area contributed by atoms with Crippen molar-refractivity contribution in [1.82, 2.24) is 0 Å². The summed E-state index contributed by atoms with van der Waals surface area (Å²) < 4.78 is 21.2. The van der Waals surface area contributed by atoms with Gasteiger partial charge < -0.3 is 18.9 Å². The molecule has 0 unspecified atom stereocenters. The van der Waals surface area contributed by atoms with Gasteiger partial charge in [-0.05, 0) is 0 Å². The van der Waals surface area contributed by atoms with E-state index >= 15 is 0 Å². The van der Waals surface area contributed by atoms with Crippen LogP contribution in [0.25, 0.3) is 0 Å². The topological polar surface area (TPSA) is 105 Å². The molecule has 0 aromatic carbocycles. The Labute approximate surface area is 160 Å². The first-order valence-electron chi connectivity index (χ1n) is 8.01. The third-order valence-electron chi connectivity index (χ3n) is 4.42. The van der Waals surface area contributed by atoms with Crippen molar-refractivity contribution >= 4 is 47.1 Å². The fourth-order valence-corrected chi connectivity index (χ4v) is 4.60. The van der Waals surface area contributed by atoms with Crippen molar-refractivity contribution < 1.29 is 38.1 Å². The zero-order chi connectivity index (χ0) is 19.8. The van der Waals surface area contributed by atoms with E-state index in [9.17, 15) is 19.2 Å². The second-order valence-corrected chi connectivity index (χ2v) is 7.35. The van der Waals surface area contributed by atoms with E-state index < -0.39 is 70.9 Å². The lowest BCUT2D eigenvalue weighted by atomic mass is 9.60. The van der Waals surface area contributed by atoms with Gasteiger partial charge in [-0.1, -0.05) is 0 Å². The van der Waals surface area contributed by atoms with Gasteiger partial charge >= 0.3 is 23.9 Å². The van der Waals surface area contributed by atoms with Crippen LogP contribution in [-0.2, 0) is 38.1 Å². The molecule has 8 nitrogen and oxygen atoms in total. The maximum absolute atomic E-state index is 11.6. The molecule has 0 aromatic rings. The highest BCUT2D eigenvalue weighted by atomic mass is 35.5. The highest BCUT2D eigenvalue weighted by Gasteiger charge is 2.67. The zero-order valence-electron chi connectivity index (χ0n) is 14.6. The minimum atomic E-state index is -1.18. The van der Waals surface area contributed by atoms with Gasteiger partial charge in [0.2, 0.25) is 0 Å². The van der Waals surface area contributed by atoms with Crippen molar-refractivity contribution in [3.63, 3.8) is 0 Å². The van der Waals surface area contributed by atoms with E-state index in [0.29, 0.717) is 0 Å². The quantitative estimate of drug-likeness (QED) is 0.386. The fraction of sp³-hybridized carbons (Fsp3) is 0.750. The Morgan fingerprint density at radius 2 is 0.769 bits per heavy atom. The molecule has 0 saturated heterocycles. The maximum Gasteiger partial charge on any atom is 0.303 e. The molecule has 0 radical (unpaired) electrons. The van der Waals surface area contributed by atoms with Crippen LogP contribution >= 0.6 is 23.2 Å². The van der Waals surface area contributed by atoms with Gasteiger partial charge in [0.15, 0.2) is 12.2 Å². The van der Waals surface area contributed by atoms with Gasteiger partial charge in [0.25, 0.3) is 0 Å². The summed E-state index contributed by atoms with van der Waals surface area (Å²) in [6, 6.07) is 0. The Kier molecular flexibility index (Phi) is 6.39. The van der Waals surface area contributed by atoms with Crippen molar-refractivity contribution in [1.29, 1.82) is 0 Å². The van der Waals surface area contributed by atoms with Gasteiger partial charge in [-0.2, -0.15) is 0 Å². The molecule has 0 bridgehead atoms. The monoisotopic (exact) mass is 410 g/mol. The lowest BCUT2D eigenvalue weighted by Crippen LogP contribution is -2.72. The minimum Gasteiger partial charge on any atom is -0.458 e. The number of esters is 4. The molecule has 0 aliphatic heterocycles. The molecule has 2 saturated carbocycles. The van der Waals surface area contributed by atoms with E-state index in [0.717, 1.165) is 13.8 Å². The summed E-state index contributed by atoms with van der Waals surface area (Å²) in [6.07, 6.45) is -4.35.